The van der Waals surface area contributed by atoms with Crippen LogP contribution in [-0.4, -0.2) is 38.3 Å². The number of carbonyl (C=O) groups excluding carboxylic acids is 1. The first kappa shape index (κ1) is 20.6. The molecule has 28 heavy (non-hydrogen) atoms. The van der Waals surface area contributed by atoms with Gasteiger partial charge in [-0.3, -0.25) is 4.79 Å². The molecule has 0 bridgehead atoms. The van der Waals surface area contributed by atoms with Gasteiger partial charge in [-0.2, -0.15) is 4.31 Å². The van der Waals surface area contributed by atoms with Crippen LogP contribution in [0.15, 0.2) is 65.6 Å². The fourth-order valence-electron chi connectivity index (χ4n) is 3.60. The molecular formula is C22H28N2O3S. The lowest BCUT2D eigenvalue weighted by Crippen LogP contribution is -2.39. The molecule has 0 saturated carbocycles. The Hall–Kier alpha value is -2.18. The van der Waals surface area contributed by atoms with Crippen LogP contribution in [0.5, 0.6) is 0 Å². The average Bonchev–Trinajstić information content (AvgIpc) is 2.73. The molecule has 1 heterocycles. The molecule has 0 aromatic heterocycles. The summed E-state index contributed by atoms with van der Waals surface area (Å²) < 4.78 is 26.9. The Kier molecular flexibility index (Phi) is 6.86. The minimum atomic E-state index is -3.43. The van der Waals surface area contributed by atoms with Gasteiger partial charge in [-0.1, -0.05) is 55.5 Å². The van der Waals surface area contributed by atoms with Crippen molar-refractivity contribution in [2.45, 2.75) is 37.0 Å². The number of carbonyl (C=O) groups is 1. The van der Waals surface area contributed by atoms with Gasteiger partial charge >= 0.3 is 0 Å². The molecule has 2 aromatic carbocycles. The highest BCUT2D eigenvalue weighted by Gasteiger charge is 2.30. The van der Waals surface area contributed by atoms with Crippen LogP contribution in [0.1, 0.15) is 37.7 Å². The smallest absolute Gasteiger partial charge is 0.243 e. The summed E-state index contributed by atoms with van der Waals surface area (Å²) in [6.45, 7) is 3.65. The Labute approximate surface area is 167 Å². The Morgan fingerprint density at radius 2 is 1.61 bits per heavy atom. The minimum Gasteiger partial charge on any atom is -0.355 e. The predicted molar refractivity (Wildman–Crippen MR) is 110 cm³/mol. The maximum Gasteiger partial charge on any atom is 0.243 e. The van der Waals surface area contributed by atoms with Gasteiger partial charge in [0.25, 0.3) is 0 Å². The first-order valence-corrected chi connectivity index (χ1v) is 11.3. The number of nitrogens with one attached hydrogen (secondary N) is 1. The molecule has 2 aromatic rings. The van der Waals surface area contributed by atoms with Gasteiger partial charge in [0, 0.05) is 26.1 Å². The van der Waals surface area contributed by atoms with Crippen LogP contribution in [-0.2, 0) is 14.8 Å². The van der Waals surface area contributed by atoms with Crippen molar-refractivity contribution in [1.29, 1.82) is 0 Å². The van der Waals surface area contributed by atoms with Gasteiger partial charge in [0.1, 0.15) is 0 Å². The van der Waals surface area contributed by atoms with Crippen molar-refractivity contribution in [1.82, 2.24) is 9.62 Å². The Balaban J connectivity index is 1.44. The predicted octanol–water partition coefficient (Wildman–Crippen LogP) is 3.40. The van der Waals surface area contributed by atoms with Crippen LogP contribution in [0.25, 0.3) is 0 Å². The zero-order valence-electron chi connectivity index (χ0n) is 16.3. The van der Waals surface area contributed by atoms with Crippen molar-refractivity contribution in [3.05, 3.63) is 66.2 Å². The summed E-state index contributed by atoms with van der Waals surface area (Å²) in [4.78, 5) is 12.6. The van der Waals surface area contributed by atoms with Crippen LogP contribution in [0.4, 0.5) is 0 Å². The van der Waals surface area contributed by atoms with Crippen LogP contribution >= 0.6 is 0 Å². The second kappa shape index (κ2) is 9.34. The fraction of sp³-hybridized carbons (Fsp3) is 0.409. The SMILES string of the molecule is C[C@@H](CNC(=O)CC1CCN(S(=O)(=O)c2ccccc2)CC1)c1ccccc1. The topological polar surface area (TPSA) is 66.5 Å². The average molecular weight is 401 g/mol. The third kappa shape index (κ3) is 5.20. The second-order valence-corrected chi connectivity index (χ2v) is 9.42. The van der Waals surface area contributed by atoms with Crippen LogP contribution < -0.4 is 5.32 Å². The summed E-state index contributed by atoms with van der Waals surface area (Å²) >= 11 is 0. The van der Waals surface area contributed by atoms with E-state index in [1.807, 2.05) is 24.3 Å². The van der Waals surface area contributed by atoms with E-state index in [-0.39, 0.29) is 17.7 Å². The lowest BCUT2D eigenvalue weighted by molar-refractivity contribution is -0.122. The quantitative estimate of drug-likeness (QED) is 0.775. The fourth-order valence-corrected chi connectivity index (χ4v) is 5.09. The molecule has 0 radical (unpaired) electrons. The van der Waals surface area contributed by atoms with Crippen molar-refractivity contribution < 1.29 is 13.2 Å². The van der Waals surface area contributed by atoms with E-state index in [0.29, 0.717) is 43.8 Å². The van der Waals surface area contributed by atoms with Crippen LogP contribution in [0, 0.1) is 5.92 Å². The second-order valence-electron chi connectivity index (χ2n) is 7.48. The standard InChI is InChI=1S/C22H28N2O3S/c1-18(20-8-4-2-5-9-20)17-23-22(25)16-19-12-14-24(15-13-19)28(26,27)21-10-6-3-7-11-21/h2-11,18-19H,12-17H2,1H3,(H,23,25)/t18-/m0/s1. The molecule has 0 aliphatic carbocycles. The highest BCUT2D eigenvalue weighted by molar-refractivity contribution is 7.89. The zero-order valence-corrected chi connectivity index (χ0v) is 17.1. The third-order valence-corrected chi connectivity index (χ3v) is 7.32. The van der Waals surface area contributed by atoms with E-state index < -0.39 is 10.0 Å². The highest BCUT2D eigenvalue weighted by atomic mass is 32.2. The van der Waals surface area contributed by atoms with E-state index in [9.17, 15) is 13.2 Å². The highest BCUT2D eigenvalue weighted by Crippen LogP contribution is 2.25. The molecule has 150 valence electrons. The van der Waals surface area contributed by atoms with Gasteiger partial charge < -0.3 is 5.32 Å². The van der Waals surface area contributed by atoms with E-state index in [1.54, 1.807) is 24.3 Å². The van der Waals surface area contributed by atoms with Crippen molar-refractivity contribution in [3.63, 3.8) is 0 Å². The van der Waals surface area contributed by atoms with Gasteiger partial charge in [-0.15, -0.1) is 0 Å². The van der Waals surface area contributed by atoms with Gasteiger partial charge in [0.2, 0.25) is 15.9 Å². The van der Waals surface area contributed by atoms with E-state index in [0.717, 1.165) is 0 Å². The molecular weight excluding hydrogens is 372 g/mol. The number of benzene rings is 2. The molecule has 0 unspecified atom stereocenters. The molecule has 1 aliphatic heterocycles. The number of hydrogen-bond acceptors (Lipinski definition) is 3. The molecule has 1 amide bonds. The van der Waals surface area contributed by atoms with E-state index in [4.69, 9.17) is 0 Å². The van der Waals surface area contributed by atoms with Gasteiger partial charge in [-0.25, -0.2) is 8.42 Å². The van der Waals surface area contributed by atoms with E-state index in [2.05, 4.69) is 24.4 Å². The van der Waals surface area contributed by atoms with E-state index in [1.165, 1.54) is 9.87 Å². The zero-order chi connectivity index (χ0) is 20.0. The first-order chi connectivity index (χ1) is 13.5. The Morgan fingerprint density at radius 1 is 1.04 bits per heavy atom. The summed E-state index contributed by atoms with van der Waals surface area (Å²) in [7, 11) is -3.43. The molecule has 3 rings (SSSR count). The van der Waals surface area contributed by atoms with Gasteiger partial charge in [0.05, 0.1) is 4.90 Å². The van der Waals surface area contributed by atoms with Crippen LogP contribution in [0.2, 0.25) is 0 Å². The third-order valence-electron chi connectivity index (χ3n) is 5.40. The number of piperidine rings is 1. The largest absolute Gasteiger partial charge is 0.355 e. The lowest BCUT2D eigenvalue weighted by atomic mass is 9.94. The number of nitrogens with zero attached hydrogens (tertiary/aromatic N) is 1. The van der Waals surface area contributed by atoms with Crippen molar-refractivity contribution >= 4 is 15.9 Å². The summed E-state index contributed by atoms with van der Waals surface area (Å²) in [5.41, 5.74) is 1.21. The molecule has 1 atom stereocenters. The monoisotopic (exact) mass is 400 g/mol. The normalized spacial score (nSPS) is 17.2. The number of sulfonamides is 1. The molecule has 5 nitrogen and oxygen atoms in total. The van der Waals surface area contributed by atoms with Crippen molar-refractivity contribution in [3.8, 4) is 0 Å². The van der Waals surface area contributed by atoms with Gasteiger partial charge in [0.15, 0.2) is 0 Å². The Bertz CT molecular complexity index is 861. The minimum absolute atomic E-state index is 0.0483. The molecule has 0 spiro atoms. The molecule has 1 aliphatic rings. The van der Waals surface area contributed by atoms with Crippen molar-refractivity contribution in [2.75, 3.05) is 19.6 Å². The summed E-state index contributed by atoms with van der Waals surface area (Å²) in [5, 5.41) is 3.02. The molecule has 1 saturated heterocycles. The van der Waals surface area contributed by atoms with Crippen LogP contribution in [0.3, 0.4) is 0 Å². The number of amides is 1. The molecule has 1 N–H and O–H groups in total. The summed E-state index contributed by atoms with van der Waals surface area (Å²) in [5.74, 6) is 0.546. The summed E-state index contributed by atoms with van der Waals surface area (Å²) in [6.07, 6.45) is 1.89. The maximum absolute atomic E-state index is 12.7. The lowest BCUT2D eigenvalue weighted by Gasteiger charge is -2.31. The van der Waals surface area contributed by atoms with Crippen molar-refractivity contribution in [2.24, 2.45) is 5.92 Å². The van der Waals surface area contributed by atoms with E-state index >= 15 is 0 Å². The maximum atomic E-state index is 12.7. The van der Waals surface area contributed by atoms with Gasteiger partial charge in [-0.05, 0) is 42.4 Å². The first-order valence-electron chi connectivity index (χ1n) is 9.83. The number of rotatable bonds is 7. The summed E-state index contributed by atoms with van der Waals surface area (Å²) in [6, 6.07) is 18.7. The molecule has 1 fully saturated rings. The molecule has 6 heteroatoms. The number of hydrogen-bond donors (Lipinski definition) is 1. The Morgan fingerprint density at radius 3 is 2.21 bits per heavy atom.